The van der Waals surface area contributed by atoms with Crippen molar-refractivity contribution in [2.45, 2.75) is 51.4 Å². The van der Waals surface area contributed by atoms with Crippen molar-refractivity contribution in [3.8, 4) is 45.3 Å². The lowest BCUT2D eigenvalue weighted by Gasteiger charge is -2.31. The number of methoxy groups -OCH3 is 2. The third-order valence-corrected chi connectivity index (χ3v) is 9.93. The number of ether oxygens (including phenoxy) is 3. The molecule has 0 saturated carbocycles. The molecule has 2 aliphatic rings. The Bertz CT molecular complexity index is 1850. The summed E-state index contributed by atoms with van der Waals surface area (Å²) in [5, 5.41) is 7.79. The minimum Gasteiger partial charge on any atom is -0.496 e. The van der Waals surface area contributed by atoms with Crippen molar-refractivity contribution >= 4 is 35.1 Å². The van der Waals surface area contributed by atoms with Crippen LogP contribution in [0.1, 0.15) is 37.3 Å². The Labute approximate surface area is 296 Å². The van der Waals surface area contributed by atoms with Gasteiger partial charge >= 0.3 is 5.97 Å². The van der Waals surface area contributed by atoms with E-state index in [0.29, 0.717) is 65.2 Å². The number of benzene rings is 2. The van der Waals surface area contributed by atoms with Crippen LogP contribution in [0.2, 0.25) is 10.0 Å². The number of carbonyl (C=O) groups excluding carboxylic acids is 2. The fourth-order valence-corrected chi connectivity index (χ4v) is 6.97. The van der Waals surface area contributed by atoms with E-state index in [4.69, 9.17) is 42.4 Å². The topological polar surface area (TPSA) is 115 Å². The average Bonchev–Trinajstić information content (AvgIpc) is 3.54. The average molecular weight is 705 g/mol. The van der Waals surface area contributed by atoms with Crippen molar-refractivity contribution < 1.29 is 23.8 Å². The SMILES string of the molecule is COc1cc(-c2nccc(-c3cccc(-c4ccc(CNC5CCN(C(C)=O)CC5)c(OC)n4)c3Cl)c2Cl)ccc1CN[C@@H]1CCOC1=O. The molecule has 0 unspecified atom stereocenters. The van der Waals surface area contributed by atoms with Gasteiger partial charge in [-0.05, 0) is 31.0 Å². The number of esters is 1. The van der Waals surface area contributed by atoms with E-state index in [1.54, 1.807) is 27.3 Å². The van der Waals surface area contributed by atoms with Gasteiger partial charge in [-0.2, -0.15) is 0 Å². The Morgan fingerprint density at radius 1 is 0.918 bits per heavy atom. The Hall–Kier alpha value is -4.22. The third-order valence-electron chi connectivity index (χ3n) is 9.14. The lowest BCUT2D eigenvalue weighted by atomic mass is 9.99. The number of nitrogens with one attached hydrogen (secondary N) is 2. The summed E-state index contributed by atoms with van der Waals surface area (Å²) in [5.74, 6) is 1.06. The van der Waals surface area contributed by atoms with Gasteiger partial charge in [-0.3, -0.25) is 14.6 Å². The largest absolute Gasteiger partial charge is 0.496 e. The van der Waals surface area contributed by atoms with Gasteiger partial charge in [0.2, 0.25) is 11.8 Å². The summed E-state index contributed by atoms with van der Waals surface area (Å²) >= 11 is 14.1. The number of piperidine rings is 1. The maximum atomic E-state index is 11.9. The summed E-state index contributed by atoms with van der Waals surface area (Å²) in [6, 6.07) is 17.3. The van der Waals surface area contributed by atoms with Crippen LogP contribution in [0.4, 0.5) is 0 Å². The molecule has 2 aromatic carbocycles. The van der Waals surface area contributed by atoms with E-state index in [1.165, 1.54) is 0 Å². The second kappa shape index (κ2) is 15.6. The first-order chi connectivity index (χ1) is 23.8. The van der Waals surface area contributed by atoms with Crippen LogP contribution in [0.3, 0.4) is 0 Å². The summed E-state index contributed by atoms with van der Waals surface area (Å²) in [5.41, 5.74) is 6.09. The van der Waals surface area contributed by atoms with E-state index in [0.717, 1.165) is 59.3 Å². The predicted molar refractivity (Wildman–Crippen MR) is 190 cm³/mol. The number of halogens is 2. The first-order valence-corrected chi connectivity index (χ1v) is 17.1. The molecular formula is C37H39Cl2N5O5. The third kappa shape index (κ3) is 7.68. The molecule has 2 aliphatic heterocycles. The van der Waals surface area contributed by atoms with Gasteiger partial charge < -0.3 is 29.7 Å². The molecule has 2 aromatic heterocycles. The van der Waals surface area contributed by atoms with Gasteiger partial charge in [-0.1, -0.05) is 59.6 Å². The van der Waals surface area contributed by atoms with Crippen LogP contribution in [-0.4, -0.2) is 72.7 Å². The fourth-order valence-electron chi connectivity index (χ4n) is 6.33. The molecule has 6 rings (SSSR count). The molecule has 0 bridgehead atoms. The van der Waals surface area contributed by atoms with Gasteiger partial charge in [-0.15, -0.1) is 0 Å². The standard InChI is InChI=1S/C37H39Cl2N5O5/c1-22(45)44-16-12-26(13-17-44)41-21-25-9-10-30(43-36(25)48-3)29-6-4-5-27(33(29)38)28-11-15-40-35(34(28)39)23-7-8-24(32(19-23)47-2)20-42-31-14-18-49-37(31)46/h4-11,15,19,26,31,41-42H,12-14,16-18,20-21H2,1-3H3/t31-/m1/s1. The predicted octanol–water partition coefficient (Wildman–Crippen LogP) is 6.31. The van der Waals surface area contributed by atoms with Crippen molar-refractivity contribution in [3.05, 3.63) is 82.0 Å². The molecule has 4 heterocycles. The van der Waals surface area contributed by atoms with Gasteiger partial charge in [0.1, 0.15) is 11.8 Å². The Kier molecular flexibility index (Phi) is 11.0. The van der Waals surface area contributed by atoms with Crippen LogP contribution in [0.15, 0.2) is 60.8 Å². The van der Waals surface area contributed by atoms with Crippen molar-refractivity contribution in [2.75, 3.05) is 33.9 Å². The number of hydrogen-bond acceptors (Lipinski definition) is 9. The van der Waals surface area contributed by atoms with E-state index < -0.39 is 0 Å². The number of pyridine rings is 2. The molecule has 256 valence electrons. The summed E-state index contributed by atoms with van der Waals surface area (Å²) in [4.78, 5) is 34.9. The number of amides is 1. The first kappa shape index (κ1) is 34.6. The number of cyclic esters (lactones) is 1. The van der Waals surface area contributed by atoms with Gasteiger partial charge in [0.25, 0.3) is 0 Å². The zero-order valence-corrected chi connectivity index (χ0v) is 29.2. The summed E-state index contributed by atoms with van der Waals surface area (Å²) in [7, 11) is 3.22. The molecule has 4 aromatic rings. The second-order valence-electron chi connectivity index (χ2n) is 12.1. The van der Waals surface area contributed by atoms with Gasteiger partial charge in [-0.25, -0.2) is 4.98 Å². The maximum absolute atomic E-state index is 11.9. The van der Waals surface area contributed by atoms with Crippen LogP contribution in [0.25, 0.3) is 33.6 Å². The molecule has 0 spiro atoms. The number of rotatable bonds is 11. The molecule has 12 heteroatoms. The fraction of sp³-hybridized carbons (Fsp3) is 0.351. The Morgan fingerprint density at radius 3 is 2.37 bits per heavy atom. The molecule has 49 heavy (non-hydrogen) atoms. The van der Waals surface area contributed by atoms with Crippen LogP contribution in [-0.2, 0) is 27.4 Å². The van der Waals surface area contributed by atoms with Crippen LogP contribution < -0.4 is 20.1 Å². The Morgan fingerprint density at radius 2 is 1.65 bits per heavy atom. The molecule has 0 radical (unpaired) electrons. The normalized spacial score (nSPS) is 16.5. The number of nitrogens with zero attached hydrogens (tertiary/aromatic N) is 3. The lowest BCUT2D eigenvalue weighted by Crippen LogP contribution is -2.44. The summed E-state index contributed by atoms with van der Waals surface area (Å²) in [6.45, 7) is 4.62. The summed E-state index contributed by atoms with van der Waals surface area (Å²) in [6.07, 6.45) is 4.17. The molecule has 1 atom stereocenters. The number of hydrogen-bond donors (Lipinski definition) is 2. The second-order valence-corrected chi connectivity index (χ2v) is 12.9. The molecular weight excluding hydrogens is 665 g/mol. The minimum absolute atomic E-state index is 0.125. The lowest BCUT2D eigenvalue weighted by molar-refractivity contribution is -0.139. The molecule has 2 N–H and O–H groups in total. The highest BCUT2D eigenvalue weighted by atomic mass is 35.5. The van der Waals surface area contributed by atoms with E-state index >= 15 is 0 Å². The van der Waals surface area contributed by atoms with Crippen molar-refractivity contribution in [2.24, 2.45) is 0 Å². The highest BCUT2D eigenvalue weighted by Gasteiger charge is 2.26. The van der Waals surface area contributed by atoms with Crippen molar-refractivity contribution in [1.82, 2.24) is 25.5 Å². The quantitative estimate of drug-likeness (QED) is 0.174. The summed E-state index contributed by atoms with van der Waals surface area (Å²) < 4.78 is 16.4. The molecule has 2 saturated heterocycles. The van der Waals surface area contributed by atoms with E-state index in [1.807, 2.05) is 59.5 Å². The number of carbonyl (C=O) groups is 2. The van der Waals surface area contributed by atoms with Gasteiger partial charge in [0, 0.05) is 85.1 Å². The number of aromatic nitrogens is 2. The van der Waals surface area contributed by atoms with Gasteiger partial charge in [0.05, 0.1) is 42.3 Å². The van der Waals surface area contributed by atoms with Gasteiger partial charge in [0.15, 0.2) is 0 Å². The van der Waals surface area contributed by atoms with Crippen molar-refractivity contribution in [3.63, 3.8) is 0 Å². The monoisotopic (exact) mass is 703 g/mol. The van der Waals surface area contributed by atoms with Crippen LogP contribution in [0, 0.1) is 0 Å². The molecule has 10 nitrogen and oxygen atoms in total. The van der Waals surface area contributed by atoms with E-state index in [-0.39, 0.29) is 17.9 Å². The zero-order valence-electron chi connectivity index (χ0n) is 27.7. The van der Waals surface area contributed by atoms with Crippen molar-refractivity contribution in [1.29, 1.82) is 0 Å². The minimum atomic E-state index is -0.322. The number of likely N-dealkylation sites (tertiary alicyclic amines) is 1. The van der Waals surface area contributed by atoms with Crippen LogP contribution in [0.5, 0.6) is 11.6 Å². The highest BCUT2D eigenvalue weighted by Crippen LogP contribution is 2.42. The van der Waals surface area contributed by atoms with E-state index in [9.17, 15) is 9.59 Å². The first-order valence-electron chi connectivity index (χ1n) is 16.3. The smallest absolute Gasteiger partial charge is 0.323 e. The molecule has 2 fully saturated rings. The Balaban J connectivity index is 1.21. The zero-order chi connectivity index (χ0) is 34.5. The van der Waals surface area contributed by atoms with Crippen LogP contribution >= 0.6 is 23.2 Å². The highest BCUT2D eigenvalue weighted by molar-refractivity contribution is 6.39. The maximum Gasteiger partial charge on any atom is 0.323 e. The molecule has 1 amide bonds. The van der Waals surface area contributed by atoms with E-state index in [2.05, 4.69) is 15.6 Å². The molecule has 0 aliphatic carbocycles.